The van der Waals surface area contributed by atoms with Gasteiger partial charge in [0.05, 0.1) is 0 Å². The van der Waals surface area contributed by atoms with Crippen molar-refractivity contribution < 1.29 is 49.0 Å². The molecule has 284 valence electrons. The van der Waals surface area contributed by atoms with Crippen LogP contribution in [0.4, 0.5) is 0 Å². The second kappa shape index (κ2) is 17.3. The Kier molecular flexibility index (Phi) is 14.1. The summed E-state index contributed by atoms with van der Waals surface area (Å²) in [5.74, 6) is 2.24. The van der Waals surface area contributed by atoms with Crippen LogP contribution in [-0.2, 0) is 43.5 Å². The third kappa shape index (κ3) is 7.86. The molecule has 0 heterocycles. The van der Waals surface area contributed by atoms with Crippen molar-refractivity contribution >= 4 is 8.78 Å². The van der Waals surface area contributed by atoms with Gasteiger partial charge in [-0.2, -0.15) is 28.8 Å². The van der Waals surface area contributed by atoms with Crippen molar-refractivity contribution in [1.29, 1.82) is 0 Å². The molecule has 4 aliphatic carbocycles. The van der Waals surface area contributed by atoms with Crippen LogP contribution in [-0.4, -0.2) is 3.21 Å². The van der Waals surface area contributed by atoms with E-state index in [0.29, 0.717) is 5.92 Å². The second-order valence-electron chi connectivity index (χ2n) is 17.6. The van der Waals surface area contributed by atoms with Crippen LogP contribution in [0, 0.1) is 47.3 Å². The van der Waals surface area contributed by atoms with E-state index in [1.807, 2.05) is 0 Å². The van der Waals surface area contributed by atoms with E-state index in [9.17, 15) is 0 Å². The predicted molar refractivity (Wildman–Crippen MR) is 221 cm³/mol. The van der Waals surface area contributed by atoms with E-state index in [0.717, 1.165) is 19.3 Å². The van der Waals surface area contributed by atoms with Crippen molar-refractivity contribution in [2.24, 2.45) is 27.6 Å². The molecule has 4 aliphatic rings. The molecule has 2 unspecified atom stereocenters. The number of rotatable bonds is 4. The molecular weight excluding hydrogens is 775 g/mol. The van der Waals surface area contributed by atoms with Crippen LogP contribution < -0.4 is 24.8 Å². The first kappa shape index (κ1) is 44.2. The molecule has 0 N–H and O–H groups in total. The molecule has 0 radical (unpaired) electrons. The maximum atomic E-state index is 2.62. The van der Waals surface area contributed by atoms with Crippen molar-refractivity contribution in [3.63, 3.8) is 0 Å². The minimum absolute atomic E-state index is 0. The molecule has 1 fully saturated rings. The van der Waals surface area contributed by atoms with E-state index in [2.05, 4.69) is 185 Å². The molecule has 4 aromatic rings. The standard InChI is InChI=1S/C29H37.C15H14.C7H9.2ClH.Zr/c1-18-25-22-17-19-13-9-10-14-20(19)24(22)21-15-11-12-16-23(21)29(25,8)28(6,7)27(4,5)26(18,2)3;1-3-8-14(9-4-1)12-7-13-15-10-5-2-6-11-15;1-6-3-4-7(2)5-6;;;/h9-11,13-15,23H,12,16-17H2,1-8H3;1-6,8-11H,12-13H2;3-5H,1-2H3;2*1H;/q-1;;-1;;;+2/p-2. The van der Waals surface area contributed by atoms with Crippen molar-refractivity contribution in [2.75, 3.05) is 0 Å². The van der Waals surface area contributed by atoms with E-state index >= 15 is 0 Å². The summed E-state index contributed by atoms with van der Waals surface area (Å²) in [7, 11) is 0. The van der Waals surface area contributed by atoms with E-state index in [-0.39, 0.29) is 46.5 Å². The molecule has 2 atom stereocenters. The van der Waals surface area contributed by atoms with Crippen molar-refractivity contribution in [3.05, 3.63) is 171 Å². The Balaban J connectivity index is 0.000000218. The van der Waals surface area contributed by atoms with E-state index in [1.165, 1.54) is 46.2 Å². The summed E-state index contributed by atoms with van der Waals surface area (Å²) in [6, 6.07) is 37.0. The Labute approximate surface area is 355 Å². The van der Waals surface area contributed by atoms with Gasteiger partial charge in [0.1, 0.15) is 0 Å². The molecule has 0 aromatic heterocycles. The van der Waals surface area contributed by atoms with Crippen LogP contribution >= 0.6 is 0 Å². The van der Waals surface area contributed by atoms with Gasteiger partial charge in [-0.1, -0.05) is 127 Å². The molecule has 0 spiro atoms. The van der Waals surface area contributed by atoms with Crippen LogP contribution in [0.3, 0.4) is 0 Å². The number of halogens is 2. The summed E-state index contributed by atoms with van der Waals surface area (Å²) >= 11 is 1.55. The fourth-order valence-corrected chi connectivity index (χ4v) is 11.0. The summed E-state index contributed by atoms with van der Waals surface area (Å²) in [6.07, 6.45) is 10.7. The minimum atomic E-state index is 0. The molecule has 3 heteroatoms. The number of aryl methyl sites for hydroxylation is 2. The van der Waals surface area contributed by atoms with Crippen LogP contribution in [0.1, 0.15) is 102 Å². The van der Waals surface area contributed by atoms with Gasteiger partial charge in [0.2, 0.25) is 0 Å². The van der Waals surface area contributed by atoms with E-state index < -0.39 is 0 Å². The summed E-state index contributed by atoms with van der Waals surface area (Å²) in [6.45, 7) is 24.5. The Bertz CT molecular complexity index is 1940. The van der Waals surface area contributed by atoms with Gasteiger partial charge in [-0.25, -0.2) is 17.5 Å². The zero-order chi connectivity index (χ0) is 37.5. The molecular formula is C51H60Cl2Zr-2. The first-order chi connectivity index (χ1) is 24.6. The van der Waals surface area contributed by atoms with Gasteiger partial charge < -0.3 is 24.8 Å². The number of benzene rings is 3. The van der Waals surface area contributed by atoms with Crippen LogP contribution in [0.5, 0.6) is 0 Å². The Hall–Kier alpha value is -2.57. The monoisotopic (exact) mass is 832 g/mol. The fourth-order valence-electron chi connectivity index (χ4n) is 10.0. The second-order valence-corrected chi connectivity index (χ2v) is 19.4. The SMILES string of the molecule is C[C-]1C2=C3Cc4ccccc4C3=C3C=CCCC3C2(C)C(C)(C)C(C)(C)C1(C)C.Cc1c[cH-]c(C)c1.[Cl-].[Cl-].[Zr+2]=[C](Cc1ccccc1)Cc1ccccc1. The molecule has 0 nitrogen and oxygen atoms in total. The van der Waals surface area contributed by atoms with Gasteiger partial charge in [0, 0.05) is 0 Å². The van der Waals surface area contributed by atoms with E-state index in [4.69, 9.17) is 0 Å². The number of allylic oxidation sites excluding steroid dienone is 6. The predicted octanol–water partition coefficient (Wildman–Crippen LogP) is 7.19. The summed E-state index contributed by atoms with van der Waals surface area (Å²) in [5, 5.41) is 0. The van der Waals surface area contributed by atoms with Gasteiger partial charge in [0.15, 0.2) is 0 Å². The normalized spacial score (nSPS) is 22.1. The number of fused-ring (bicyclic) bond motifs is 6. The van der Waals surface area contributed by atoms with Crippen molar-refractivity contribution in [1.82, 2.24) is 0 Å². The molecule has 0 aliphatic heterocycles. The van der Waals surface area contributed by atoms with Gasteiger partial charge in [0.25, 0.3) is 0 Å². The van der Waals surface area contributed by atoms with Gasteiger partial charge >= 0.3 is 112 Å². The average molecular weight is 835 g/mol. The van der Waals surface area contributed by atoms with Gasteiger partial charge in [-0.3, -0.25) is 0 Å². The molecule has 4 aromatic carbocycles. The summed E-state index contributed by atoms with van der Waals surface area (Å²) in [4.78, 5) is 0. The molecule has 1 saturated carbocycles. The molecule has 0 bridgehead atoms. The first-order valence-corrected chi connectivity index (χ1v) is 20.8. The zero-order valence-electron chi connectivity index (χ0n) is 34.3. The first-order valence-electron chi connectivity index (χ1n) is 19.5. The molecule has 54 heavy (non-hydrogen) atoms. The van der Waals surface area contributed by atoms with Crippen LogP contribution in [0.15, 0.2) is 132 Å². The van der Waals surface area contributed by atoms with E-state index in [1.54, 1.807) is 55.7 Å². The number of hydrogen-bond acceptors (Lipinski definition) is 0. The Morgan fingerprint density at radius 3 is 1.85 bits per heavy atom. The van der Waals surface area contributed by atoms with Crippen LogP contribution in [0.25, 0.3) is 5.57 Å². The zero-order valence-corrected chi connectivity index (χ0v) is 38.3. The molecule has 0 amide bonds. The molecule has 8 rings (SSSR count). The van der Waals surface area contributed by atoms with Crippen LogP contribution in [0.2, 0.25) is 0 Å². The fraction of sp³-hybridized carbons (Fsp3) is 0.392. The summed E-state index contributed by atoms with van der Waals surface area (Å²) in [5.41, 5.74) is 15.9. The Morgan fingerprint density at radius 2 is 1.33 bits per heavy atom. The molecule has 0 saturated heterocycles. The average Bonchev–Trinajstić information content (AvgIpc) is 3.70. The summed E-state index contributed by atoms with van der Waals surface area (Å²) < 4.78 is 1.60. The van der Waals surface area contributed by atoms with Gasteiger partial charge in [-0.15, -0.1) is 6.92 Å². The quantitative estimate of drug-likeness (QED) is 0.191. The van der Waals surface area contributed by atoms with Crippen molar-refractivity contribution in [3.8, 4) is 0 Å². The topological polar surface area (TPSA) is 0 Å². The third-order valence-corrected chi connectivity index (χ3v) is 15.2. The Morgan fingerprint density at radius 1 is 0.778 bits per heavy atom. The third-order valence-electron chi connectivity index (χ3n) is 14.4. The number of hydrogen-bond donors (Lipinski definition) is 0. The maximum absolute atomic E-state index is 2.62. The van der Waals surface area contributed by atoms with Crippen molar-refractivity contribution in [2.45, 2.75) is 101 Å². The van der Waals surface area contributed by atoms with Gasteiger partial charge in [-0.05, 0) is 40.6 Å².